The number of anilines is 1. The molecule has 2 fully saturated rings. The number of carbonyl (C=O) groups is 2. The lowest BCUT2D eigenvalue weighted by Crippen LogP contribution is -2.35. The Hall–Kier alpha value is -2.69. The molecule has 0 aliphatic carbocycles. The molecule has 2 aromatic rings. The number of ether oxygens (including phenoxy) is 1. The van der Waals surface area contributed by atoms with Crippen molar-refractivity contribution in [3.8, 4) is 0 Å². The van der Waals surface area contributed by atoms with Gasteiger partial charge < -0.3 is 19.8 Å². The maximum absolute atomic E-state index is 12.7. The molecule has 0 spiro atoms. The lowest BCUT2D eigenvalue weighted by atomic mass is 10.1. The first-order chi connectivity index (χ1) is 15.4. The number of rotatable bonds is 7. The van der Waals surface area contributed by atoms with Gasteiger partial charge in [-0.15, -0.1) is 0 Å². The number of sulfonamides is 1. The quantitative estimate of drug-likeness (QED) is 0.654. The summed E-state index contributed by atoms with van der Waals surface area (Å²) in [5.41, 5.74) is 0.603. The summed E-state index contributed by atoms with van der Waals surface area (Å²) in [5, 5.41) is 5.22. The van der Waals surface area contributed by atoms with E-state index in [-0.39, 0.29) is 22.9 Å². The van der Waals surface area contributed by atoms with Crippen LogP contribution in [0.15, 0.2) is 45.9 Å². The molecule has 9 nitrogen and oxygen atoms in total. The van der Waals surface area contributed by atoms with Crippen molar-refractivity contribution in [2.45, 2.75) is 43.3 Å². The number of para-hydroxylation sites is 1. The number of piperidine rings is 1. The summed E-state index contributed by atoms with van der Waals surface area (Å²) in [4.78, 5) is 25.3. The lowest BCUT2D eigenvalue weighted by molar-refractivity contribution is 0.0858. The van der Waals surface area contributed by atoms with Crippen molar-refractivity contribution >= 4 is 27.5 Å². The van der Waals surface area contributed by atoms with Gasteiger partial charge in [0.1, 0.15) is 0 Å². The van der Waals surface area contributed by atoms with Crippen molar-refractivity contribution < 1.29 is 27.2 Å². The second-order valence-corrected chi connectivity index (χ2v) is 9.80. The summed E-state index contributed by atoms with van der Waals surface area (Å²) in [5.74, 6) is -1.11. The van der Waals surface area contributed by atoms with E-state index in [0.29, 0.717) is 37.5 Å². The van der Waals surface area contributed by atoms with E-state index in [2.05, 4.69) is 10.6 Å². The maximum atomic E-state index is 12.7. The van der Waals surface area contributed by atoms with Gasteiger partial charge in [0.05, 0.1) is 17.4 Å². The van der Waals surface area contributed by atoms with Crippen LogP contribution in [0.4, 0.5) is 5.69 Å². The number of amides is 2. The SMILES string of the molecule is O=C(Nc1ccccc1C(=O)NCC1CCCO1)c1ccc(S(=O)(=O)N2CCCCC2)o1. The van der Waals surface area contributed by atoms with Crippen molar-refractivity contribution in [2.75, 3.05) is 31.6 Å². The molecule has 1 unspecified atom stereocenters. The zero-order valence-electron chi connectivity index (χ0n) is 17.7. The molecule has 2 amide bonds. The van der Waals surface area contributed by atoms with Gasteiger partial charge in [0.2, 0.25) is 5.09 Å². The Balaban J connectivity index is 1.44. The molecule has 4 rings (SSSR count). The summed E-state index contributed by atoms with van der Waals surface area (Å²) in [6.45, 7) is 1.99. The minimum Gasteiger partial charge on any atom is -0.438 e. The third kappa shape index (κ3) is 5.03. The van der Waals surface area contributed by atoms with Gasteiger partial charge in [-0.05, 0) is 49.9 Å². The Bertz CT molecular complexity index is 1070. The summed E-state index contributed by atoms with van der Waals surface area (Å²) in [6, 6.07) is 9.22. The van der Waals surface area contributed by atoms with Gasteiger partial charge in [0.25, 0.3) is 21.8 Å². The molecule has 172 valence electrons. The van der Waals surface area contributed by atoms with Crippen LogP contribution < -0.4 is 10.6 Å². The zero-order valence-corrected chi connectivity index (χ0v) is 18.5. The van der Waals surface area contributed by atoms with E-state index < -0.39 is 15.9 Å². The number of benzene rings is 1. The van der Waals surface area contributed by atoms with E-state index in [9.17, 15) is 18.0 Å². The first kappa shape index (κ1) is 22.5. The van der Waals surface area contributed by atoms with Crippen LogP contribution in [-0.4, -0.2) is 56.9 Å². The number of nitrogens with one attached hydrogen (secondary N) is 2. The van der Waals surface area contributed by atoms with Crippen LogP contribution >= 0.6 is 0 Å². The highest BCUT2D eigenvalue weighted by Crippen LogP contribution is 2.23. The number of carbonyl (C=O) groups excluding carboxylic acids is 2. The Labute approximate surface area is 187 Å². The molecule has 2 N–H and O–H groups in total. The van der Waals surface area contributed by atoms with Crippen molar-refractivity contribution in [2.24, 2.45) is 0 Å². The van der Waals surface area contributed by atoms with Crippen LogP contribution in [0.2, 0.25) is 0 Å². The van der Waals surface area contributed by atoms with Gasteiger partial charge in [-0.1, -0.05) is 18.6 Å². The number of hydrogen-bond acceptors (Lipinski definition) is 6. The van der Waals surface area contributed by atoms with Crippen molar-refractivity contribution in [3.05, 3.63) is 47.7 Å². The lowest BCUT2D eigenvalue weighted by Gasteiger charge is -2.24. The van der Waals surface area contributed by atoms with E-state index in [4.69, 9.17) is 9.15 Å². The fourth-order valence-electron chi connectivity index (χ4n) is 3.89. The Kier molecular flexibility index (Phi) is 6.92. The van der Waals surface area contributed by atoms with E-state index in [1.54, 1.807) is 24.3 Å². The number of nitrogens with zero attached hydrogens (tertiary/aromatic N) is 1. The molecule has 3 heterocycles. The molecule has 2 aliphatic rings. The standard InChI is InChI=1S/C22H27N3O6S/c26-21(23-15-16-7-6-14-30-16)17-8-2-3-9-18(17)24-22(27)19-10-11-20(31-19)32(28,29)25-12-4-1-5-13-25/h2-3,8-11,16H,1,4-7,12-15H2,(H,23,26)(H,24,27). The van der Waals surface area contributed by atoms with E-state index >= 15 is 0 Å². The van der Waals surface area contributed by atoms with Gasteiger partial charge in [0.15, 0.2) is 5.76 Å². The van der Waals surface area contributed by atoms with Gasteiger partial charge in [-0.25, -0.2) is 8.42 Å². The average Bonchev–Trinajstić information content (AvgIpc) is 3.51. The first-order valence-electron chi connectivity index (χ1n) is 10.9. The predicted octanol–water partition coefficient (Wildman–Crippen LogP) is 2.62. The Morgan fingerprint density at radius 1 is 1.00 bits per heavy atom. The van der Waals surface area contributed by atoms with E-state index in [1.807, 2.05) is 0 Å². The molecule has 1 aromatic heterocycles. The van der Waals surface area contributed by atoms with Gasteiger partial charge in [-0.2, -0.15) is 4.31 Å². The van der Waals surface area contributed by atoms with Gasteiger partial charge >= 0.3 is 0 Å². The van der Waals surface area contributed by atoms with E-state index in [1.165, 1.54) is 16.4 Å². The van der Waals surface area contributed by atoms with Crippen LogP contribution in [0.25, 0.3) is 0 Å². The second-order valence-electron chi connectivity index (χ2n) is 7.93. The maximum Gasteiger partial charge on any atom is 0.291 e. The van der Waals surface area contributed by atoms with Crippen molar-refractivity contribution in [3.63, 3.8) is 0 Å². The molecule has 0 bridgehead atoms. The summed E-state index contributed by atoms with van der Waals surface area (Å²) >= 11 is 0. The minimum atomic E-state index is -3.77. The van der Waals surface area contributed by atoms with Crippen molar-refractivity contribution in [1.82, 2.24) is 9.62 Å². The molecule has 2 saturated heterocycles. The van der Waals surface area contributed by atoms with Crippen LogP contribution in [-0.2, 0) is 14.8 Å². The molecule has 1 atom stereocenters. The highest BCUT2D eigenvalue weighted by atomic mass is 32.2. The molecule has 2 aliphatic heterocycles. The van der Waals surface area contributed by atoms with Crippen LogP contribution in [0.3, 0.4) is 0 Å². The zero-order chi connectivity index (χ0) is 22.6. The van der Waals surface area contributed by atoms with Gasteiger partial charge in [0, 0.05) is 26.2 Å². The van der Waals surface area contributed by atoms with Crippen LogP contribution in [0.5, 0.6) is 0 Å². The Morgan fingerprint density at radius 2 is 1.78 bits per heavy atom. The number of furan rings is 1. The van der Waals surface area contributed by atoms with E-state index in [0.717, 1.165) is 32.1 Å². The minimum absolute atomic E-state index is 0.00379. The molecular formula is C22H27N3O6S. The normalized spacial score (nSPS) is 19.6. The highest BCUT2D eigenvalue weighted by Gasteiger charge is 2.30. The first-order valence-corrected chi connectivity index (χ1v) is 12.3. The van der Waals surface area contributed by atoms with Crippen LogP contribution in [0, 0.1) is 0 Å². The topological polar surface area (TPSA) is 118 Å². The molecule has 10 heteroatoms. The smallest absolute Gasteiger partial charge is 0.291 e. The fraction of sp³-hybridized carbons (Fsp3) is 0.455. The fourth-order valence-corrected chi connectivity index (χ4v) is 5.32. The molecule has 0 radical (unpaired) electrons. The Morgan fingerprint density at radius 3 is 2.53 bits per heavy atom. The molecular weight excluding hydrogens is 434 g/mol. The molecule has 32 heavy (non-hydrogen) atoms. The monoisotopic (exact) mass is 461 g/mol. The summed E-state index contributed by atoms with van der Waals surface area (Å²) < 4.78 is 37.8. The summed E-state index contributed by atoms with van der Waals surface area (Å²) in [7, 11) is -3.77. The molecule has 1 aromatic carbocycles. The highest BCUT2D eigenvalue weighted by molar-refractivity contribution is 7.89. The third-order valence-electron chi connectivity index (χ3n) is 5.65. The second kappa shape index (κ2) is 9.85. The van der Waals surface area contributed by atoms with Crippen molar-refractivity contribution in [1.29, 1.82) is 0 Å². The number of hydrogen-bond donors (Lipinski definition) is 2. The van der Waals surface area contributed by atoms with Gasteiger partial charge in [-0.3, -0.25) is 9.59 Å². The predicted molar refractivity (Wildman–Crippen MR) is 117 cm³/mol. The average molecular weight is 462 g/mol. The van der Waals surface area contributed by atoms with Crippen LogP contribution in [0.1, 0.15) is 53.0 Å². The molecule has 0 saturated carbocycles. The summed E-state index contributed by atoms with van der Waals surface area (Å²) in [6.07, 6.45) is 4.49. The third-order valence-corrected chi connectivity index (χ3v) is 7.42. The largest absolute Gasteiger partial charge is 0.438 e.